The molecule has 1 nitrogen and oxygen atoms in total. The van der Waals surface area contributed by atoms with Gasteiger partial charge in [0.05, 0.1) is 21.0 Å². The Labute approximate surface area is 123 Å². The van der Waals surface area contributed by atoms with Gasteiger partial charge < -0.3 is 5.11 Å². The van der Waals surface area contributed by atoms with Crippen molar-refractivity contribution in [1.82, 2.24) is 0 Å². The first-order valence-corrected chi connectivity index (χ1v) is 13.3. The molecule has 0 atom stereocenters. The zero-order valence-electron chi connectivity index (χ0n) is 14.0. The van der Waals surface area contributed by atoms with Crippen molar-refractivity contribution in [2.75, 3.05) is 0 Å². The Hall–Kier alpha value is -0.0462. The molecule has 0 saturated carbocycles. The lowest BCUT2D eigenvalue weighted by Crippen LogP contribution is -2.72. The second kappa shape index (κ2) is 7.66. The van der Waals surface area contributed by atoms with Crippen LogP contribution in [0, 0.1) is 12.3 Å². The predicted molar refractivity (Wildman–Crippen MR) is 92.8 cm³/mol. The Balaban J connectivity index is 6.03. The third-order valence-electron chi connectivity index (χ3n) is 6.17. The maximum atomic E-state index is 11.8. The van der Waals surface area contributed by atoms with Gasteiger partial charge in [-0.2, -0.15) is 0 Å². The van der Waals surface area contributed by atoms with Gasteiger partial charge >= 0.3 is 0 Å². The SMILES string of the molecule is C#CCC(O)([Si](CC)(CC)CC)[Si](CC)(CC)CC. The minimum absolute atomic E-state index is 0.481. The van der Waals surface area contributed by atoms with Crippen LogP contribution in [0.25, 0.3) is 0 Å². The summed E-state index contributed by atoms with van der Waals surface area (Å²) < 4.78 is 0. The minimum atomic E-state index is -1.72. The highest BCUT2D eigenvalue weighted by atomic mass is 28.4. The molecule has 3 heteroatoms. The summed E-state index contributed by atoms with van der Waals surface area (Å²) in [5.41, 5.74) is 0. The van der Waals surface area contributed by atoms with Gasteiger partial charge in [0.1, 0.15) is 0 Å². The van der Waals surface area contributed by atoms with Crippen LogP contribution in [0.4, 0.5) is 0 Å². The standard InChI is InChI=1S/C16H34OSi2/c1-8-15-16(17,18(9-2,10-3)11-4)19(12-5,13-6)14-7/h1,17H,9-15H2,2-7H3. The van der Waals surface area contributed by atoms with Gasteiger partial charge in [-0.15, -0.1) is 12.3 Å². The second-order valence-corrected chi connectivity index (χ2v) is 17.4. The zero-order valence-corrected chi connectivity index (χ0v) is 16.0. The van der Waals surface area contributed by atoms with Crippen molar-refractivity contribution in [3.05, 3.63) is 0 Å². The lowest BCUT2D eigenvalue weighted by molar-refractivity contribution is 0.187. The molecule has 1 N–H and O–H groups in total. The number of terminal acetylenes is 1. The Morgan fingerprint density at radius 3 is 1.21 bits per heavy atom. The summed E-state index contributed by atoms with van der Waals surface area (Å²) >= 11 is 0. The predicted octanol–water partition coefficient (Wildman–Crippen LogP) is 4.84. The fourth-order valence-electron chi connectivity index (χ4n) is 4.34. The maximum absolute atomic E-state index is 11.8. The molecule has 0 aromatic heterocycles. The fraction of sp³-hybridized carbons (Fsp3) is 0.875. The molecule has 0 heterocycles. The van der Waals surface area contributed by atoms with Crippen LogP contribution in [0.15, 0.2) is 0 Å². The molecule has 0 radical (unpaired) electrons. The topological polar surface area (TPSA) is 20.2 Å². The van der Waals surface area contributed by atoms with Crippen LogP contribution in [0.2, 0.25) is 36.3 Å². The monoisotopic (exact) mass is 298 g/mol. The van der Waals surface area contributed by atoms with E-state index in [4.69, 9.17) is 6.42 Å². The Morgan fingerprint density at radius 1 is 0.789 bits per heavy atom. The average Bonchev–Trinajstić information content (AvgIpc) is 2.44. The molecule has 19 heavy (non-hydrogen) atoms. The molecule has 0 spiro atoms. The third kappa shape index (κ3) is 2.86. The smallest absolute Gasteiger partial charge is 0.0875 e. The number of hydrogen-bond donors (Lipinski definition) is 1. The molecule has 0 aliphatic heterocycles. The normalized spacial score (nSPS) is 13.4. The minimum Gasteiger partial charge on any atom is -0.396 e. The molecule has 0 fully saturated rings. The van der Waals surface area contributed by atoms with E-state index in [2.05, 4.69) is 47.5 Å². The molecule has 0 aliphatic rings. The maximum Gasteiger partial charge on any atom is 0.0875 e. The second-order valence-electron chi connectivity index (χ2n) is 5.92. The van der Waals surface area contributed by atoms with E-state index in [0.29, 0.717) is 6.42 Å². The molecule has 0 bridgehead atoms. The van der Waals surface area contributed by atoms with Crippen LogP contribution < -0.4 is 0 Å². The first kappa shape index (κ1) is 19.0. The average molecular weight is 299 g/mol. The van der Waals surface area contributed by atoms with Gasteiger partial charge in [-0.05, 0) is 0 Å². The fourth-order valence-corrected chi connectivity index (χ4v) is 19.5. The van der Waals surface area contributed by atoms with Crippen molar-refractivity contribution in [1.29, 1.82) is 0 Å². The van der Waals surface area contributed by atoms with Crippen molar-refractivity contribution >= 4 is 16.1 Å². The highest BCUT2D eigenvalue weighted by Gasteiger charge is 2.59. The number of rotatable bonds is 9. The van der Waals surface area contributed by atoms with E-state index in [0.717, 1.165) is 36.3 Å². The zero-order chi connectivity index (χ0) is 15.2. The van der Waals surface area contributed by atoms with E-state index in [-0.39, 0.29) is 0 Å². The largest absolute Gasteiger partial charge is 0.396 e. The molecule has 0 rings (SSSR count). The number of aliphatic hydroxyl groups is 1. The summed E-state index contributed by atoms with van der Waals surface area (Å²) in [5.74, 6) is 2.84. The van der Waals surface area contributed by atoms with Crippen molar-refractivity contribution in [2.24, 2.45) is 0 Å². The lowest BCUT2D eigenvalue weighted by Gasteiger charge is -2.54. The first-order chi connectivity index (χ1) is 8.92. The summed E-state index contributed by atoms with van der Waals surface area (Å²) in [6.07, 6.45) is 6.26. The van der Waals surface area contributed by atoms with Crippen LogP contribution in [-0.4, -0.2) is 26.1 Å². The van der Waals surface area contributed by atoms with Gasteiger partial charge in [0.25, 0.3) is 0 Å². The summed E-state index contributed by atoms with van der Waals surface area (Å²) in [6.45, 7) is 13.7. The van der Waals surface area contributed by atoms with Gasteiger partial charge in [-0.1, -0.05) is 77.8 Å². The van der Waals surface area contributed by atoms with Crippen LogP contribution in [0.1, 0.15) is 48.0 Å². The molecule has 0 aliphatic carbocycles. The van der Waals surface area contributed by atoms with Gasteiger partial charge in [-0.25, -0.2) is 0 Å². The van der Waals surface area contributed by atoms with E-state index in [1.807, 2.05) is 0 Å². The number of hydrogen-bond acceptors (Lipinski definition) is 1. The van der Waals surface area contributed by atoms with E-state index in [1.54, 1.807) is 0 Å². The first-order valence-electron chi connectivity index (χ1n) is 8.08. The van der Waals surface area contributed by atoms with Gasteiger partial charge in [0.2, 0.25) is 0 Å². The Bertz CT molecular complexity index is 262. The Kier molecular flexibility index (Phi) is 7.64. The van der Waals surface area contributed by atoms with E-state index in [9.17, 15) is 5.11 Å². The van der Waals surface area contributed by atoms with Crippen LogP contribution in [0.3, 0.4) is 0 Å². The molecule has 0 saturated heterocycles. The van der Waals surface area contributed by atoms with Gasteiger partial charge in [0, 0.05) is 6.42 Å². The van der Waals surface area contributed by atoms with Crippen LogP contribution >= 0.6 is 0 Å². The van der Waals surface area contributed by atoms with Crippen LogP contribution in [-0.2, 0) is 0 Å². The third-order valence-corrected chi connectivity index (χ3v) is 21.3. The van der Waals surface area contributed by atoms with Crippen molar-refractivity contribution in [3.8, 4) is 12.3 Å². The summed E-state index contributed by atoms with van der Waals surface area (Å²) in [4.78, 5) is -0.481. The molecule has 0 amide bonds. The van der Waals surface area contributed by atoms with Crippen LogP contribution in [0.5, 0.6) is 0 Å². The highest BCUT2D eigenvalue weighted by Crippen LogP contribution is 2.45. The van der Waals surface area contributed by atoms with Crippen molar-refractivity contribution < 1.29 is 5.11 Å². The molecule has 112 valence electrons. The van der Waals surface area contributed by atoms with Crippen molar-refractivity contribution in [3.63, 3.8) is 0 Å². The quantitative estimate of drug-likeness (QED) is 0.477. The molecule has 0 aromatic rings. The molecular formula is C16H34OSi2. The van der Waals surface area contributed by atoms with E-state index in [1.165, 1.54) is 0 Å². The summed E-state index contributed by atoms with van der Waals surface area (Å²) in [7, 11) is -3.43. The van der Waals surface area contributed by atoms with Gasteiger partial charge in [0.15, 0.2) is 0 Å². The van der Waals surface area contributed by atoms with Crippen molar-refractivity contribution in [2.45, 2.75) is 89.1 Å². The lowest BCUT2D eigenvalue weighted by atomic mass is 10.5. The molecule has 0 aromatic carbocycles. The summed E-state index contributed by atoms with van der Waals surface area (Å²) in [5, 5.41) is 11.8. The summed E-state index contributed by atoms with van der Waals surface area (Å²) in [6, 6.07) is 6.96. The van der Waals surface area contributed by atoms with Gasteiger partial charge in [-0.3, -0.25) is 0 Å². The van der Waals surface area contributed by atoms with E-state index >= 15 is 0 Å². The molecule has 0 unspecified atom stereocenters. The Morgan fingerprint density at radius 2 is 1.05 bits per heavy atom. The molecular weight excluding hydrogens is 264 g/mol. The van der Waals surface area contributed by atoms with E-state index < -0.39 is 21.0 Å². The highest BCUT2D eigenvalue weighted by molar-refractivity contribution is 7.01.